The zero-order chi connectivity index (χ0) is 23.0. The lowest BCUT2D eigenvalue weighted by Crippen LogP contribution is -2.29. The average Bonchev–Trinajstić information content (AvgIpc) is 3.08. The van der Waals surface area contributed by atoms with Crippen LogP contribution in [0, 0.1) is 12.3 Å². The van der Waals surface area contributed by atoms with Crippen molar-refractivity contribution in [2.75, 3.05) is 20.8 Å². The predicted octanol–water partition coefficient (Wildman–Crippen LogP) is 4.10. The molecule has 1 heterocycles. The zero-order valence-electron chi connectivity index (χ0n) is 17.7. The van der Waals surface area contributed by atoms with E-state index in [0.717, 1.165) is 5.56 Å². The molecule has 0 saturated carbocycles. The van der Waals surface area contributed by atoms with Crippen LogP contribution in [0.25, 0.3) is 5.70 Å². The first kappa shape index (κ1) is 21.5. The Hall–Kier alpha value is -3.69. The number of ether oxygens (including phenoxy) is 3. The lowest BCUT2D eigenvalue weighted by atomic mass is 9.79. The summed E-state index contributed by atoms with van der Waals surface area (Å²) in [5.41, 5.74) is 3.98. The van der Waals surface area contributed by atoms with E-state index in [1.807, 2.05) is 18.2 Å². The molecule has 0 fully saturated rings. The number of Topliss-reactive ketones (excluding diaryl/α,β-unsaturated/α-hetero) is 1. The number of dihydropyridines is 1. The van der Waals surface area contributed by atoms with E-state index in [1.54, 1.807) is 25.1 Å². The van der Waals surface area contributed by atoms with Crippen molar-refractivity contribution in [2.24, 2.45) is 0 Å². The maximum Gasteiger partial charge on any atom is 0.336 e. The van der Waals surface area contributed by atoms with Gasteiger partial charge in [0.25, 0.3) is 0 Å². The first-order chi connectivity index (χ1) is 15.4. The van der Waals surface area contributed by atoms with Crippen molar-refractivity contribution in [2.45, 2.75) is 12.8 Å². The van der Waals surface area contributed by atoms with Crippen molar-refractivity contribution in [3.63, 3.8) is 0 Å². The number of nitrogens with one attached hydrogen (secondary N) is 1. The summed E-state index contributed by atoms with van der Waals surface area (Å²) in [5.74, 6) is 1.60. The third kappa shape index (κ3) is 3.31. The van der Waals surface area contributed by atoms with E-state index in [4.69, 9.17) is 32.2 Å². The van der Waals surface area contributed by atoms with Gasteiger partial charge in [0.05, 0.1) is 30.5 Å². The average molecular weight is 450 g/mol. The largest absolute Gasteiger partial charge is 0.493 e. The molecule has 0 bridgehead atoms. The Morgan fingerprint density at radius 2 is 1.94 bits per heavy atom. The minimum Gasteiger partial charge on any atom is -0.493 e. The van der Waals surface area contributed by atoms with Gasteiger partial charge in [-0.3, -0.25) is 4.79 Å². The van der Waals surface area contributed by atoms with Gasteiger partial charge in [-0.2, -0.15) is 0 Å². The fourth-order valence-electron chi connectivity index (χ4n) is 4.20. The molecule has 1 aliphatic carbocycles. The standard InChI is InChI=1S/C25H20ClNO5/c1-5-10-32-24-17(26)11-14(12-18(24)30-3)20-19(25(29)31-4)13(2)27-22-15-8-6-7-9-16(15)23(28)21(20)22/h1,6-9,11-12,20,27H,10H2,2-4H3/t20-/m1/s1. The van der Waals surface area contributed by atoms with E-state index in [9.17, 15) is 9.59 Å². The van der Waals surface area contributed by atoms with Crippen molar-refractivity contribution in [3.05, 3.63) is 75.0 Å². The molecule has 2 aromatic carbocycles. The fraction of sp³-hybridized carbons (Fsp3) is 0.200. The molecule has 7 heteroatoms. The van der Waals surface area contributed by atoms with Crippen molar-refractivity contribution < 1.29 is 23.8 Å². The molecular weight excluding hydrogens is 430 g/mol. The molecule has 0 saturated heterocycles. The number of esters is 1. The molecule has 32 heavy (non-hydrogen) atoms. The summed E-state index contributed by atoms with van der Waals surface area (Å²) in [6.45, 7) is 1.79. The smallest absolute Gasteiger partial charge is 0.336 e. The first-order valence-corrected chi connectivity index (χ1v) is 10.2. The number of benzene rings is 2. The van der Waals surface area contributed by atoms with Crippen LogP contribution in [0.2, 0.25) is 5.02 Å². The van der Waals surface area contributed by atoms with Gasteiger partial charge in [-0.05, 0) is 24.6 Å². The highest BCUT2D eigenvalue weighted by Gasteiger charge is 2.43. The molecule has 2 aliphatic rings. The van der Waals surface area contributed by atoms with Crippen LogP contribution in [0.3, 0.4) is 0 Å². The van der Waals surface area contributed by atoms with E-state index < -0.39 is 11.9 Å². The Kier molecular flexibility index (Phi) is 5.68. The third-order valence-corrected chi connectivity index (χ3v) is 5.82. The number of halogens is 1. The van der Waals surface area contributed by atoms with Crippen LogP contribution < -0.4 is 14.8 Å². The molecule has 0 aromatic heterocycles. The van der Waals surface area contributed by atoms with Gasteiger partial charge in [0.15, 0.2) is 17.3 Å². The first-order valence-electron chi connectivity index (χ1n) is 9.81. The molecule has 1 N–H and O–H groups in total. The third-order valence-electron chi connectivity index (χ3n) is 5.54. The molecule has 2 aromatic rings. The number of carbonyl (C=O) groups excluding carboxylic acids is 2. The Bertz CT molecular complexity index is 1250. The van der Waals surface area contributed by atoms with E-state index in [0.29, 0.717) is 45.2 Å². The molecule has 1 aliphatic heterocycles. The second-order valence-electron chi connectivity index (χ2n) is 7.28. The van der Waals surface area contributed by atoms with Crippen LogP contribution >= 0.6 is 11.6 Å². The van der Waals surface area contributed by atoms with Crippen LogP contribution in [0.4, 0.5) is 0 Å². The van der Waals surface area contributed by atoms with Gasteiger partial charge in [-0.1, -0.05) is 41.8 Å². The molecule has 0 amide bonds. The quantitative estimate of drug-likeness (QED) is 0.547. The number of hydrogen-bond acceptors (Lipinski definition) is 6. The highest BCUT2D eigenvalue weighted by atomic mass is 35.5. The van der Waals surface area contributed by atoms with Crippen molar-refractivity contribution >= 4 is 29.1 Å². The number of terminal acetylenes is 1. The van der Waals surface area contributed by atoms with Crippen LogP contribution in [-0.2, 0) is 9.53 Å². The maximum atomic E-state index is 13.4. The normalized spacial score (nSPS) is 16.7. The van der Waals surface area contributed by atoms with Crippen LogP contribution in [0.1, 0.15) is 34.3 Å². The second-order valence-corrected chi connectivity index (χ2v) is 7.69. The van der Waals surface area contributed by atoms with Gasteiger partial charge in [-0.15, -0.1) is 6.42 Å². The van der Waals surface area contributed by atoms with E-state index in [1.165, 1.54) is 14.2 Å². The molecule has 6 nitrogen and oxygen atoms in total. The number of methoxy groups -OCH3 is 2. The molecule has 4 rings (SSSR count). The summed E-state index contributed by atoms with van der Waals surface area (Å²) in [4.78, 5) is 26.3. The Labute approximate surface area is 190 Å². The van der Waals surface area contributed by atoms with Crippen molar-refractivity contribution in [3.8, 4) is 23.8 Å². The highest BCUT2D eigenvalue weighted by molar-refractivity contribution is 6.32. The number of rotatable bonds is 5. The number of ketones is 1. The summed E-state index contributed by atoms with van der Waals surface area (Å²) in [7, 11) is 2.78. The number of fused-ring (bicyclic) bond motifs is 2. The van der Waals surface area contributed by atoms with Crippen molar-refractivity contribution in [1.82, 2.24) is 5.32 Å². The fourth-order valence-corrected chi connectivity index (χ4v) is 4.48. The SMILES string of the molecule is C#CCOc1c(Cl)cc([C@@H]2C(C(=O)OC)=C(C)NC3=C2C(=O)c2ccccc23)cc1OC. The number of hydrogen-bond donors (Lipinski definition) is 1. The maximum absolute atomic E-state index is 13.4. The van der Waals surface area contributed by atoms with Crippen LogP contribution in [0.5, 0.6) is 11.5 Å². The van der Waals surface area contributed by atoms with Gasteiger partial charge < -0.3 is 19.5 Å². The monoisotopic (exact) mass is 449 g/mol. The summed E-state index contributed by atoms with van der Waals surface area (Å²) in [5, 5.41) is 3.49. The number of carbonyl (C=O) groups is 2. The summed E-state index contributed by atoms with van der Waals surface area (Å²) in [6.07, 6.45) is 5.30. The van der Waals surface area contributed by atoms with E-state index >= 15 is 0 Å². The molecule has 0 unspecified atom stereocenters. The summed E-state index contributed by atoms with van der Waals surface area (Å²) < 4.78 is 16.1. The Balaban J connectivity index is 1.94. The van der Waals surface area contributed by atoms with Crippen molar-refractivity contribution in [1.29, 1.82) is 0 Å². The van der Waals surface area contributed by atoms with Crippen LogP contribution in [-0.4, -0.2) is 32.6 Å². The van der Waals surface area contributed by atoms with E-state index in [-0.39, 0.29) is 17.4 Å². The molecular formula is C25H20ClNO5. The summed E-state index contributed by atoms with van der Waals surface area (Å²) >= 11 is 6.51. The lowest BCUT2D eigenvalue weighted by Gasteiger charge is -2.29. The van der Waals surface area contributed by atoms with Crippen LogP contribution in [0.15, 0.2) is 53.2 Å². The van der Waals surface area contributed by atoms with Gasteiger partial charge in [-0.25, -0.2) is 4.79 Å². The minimum absolute atomic E-state index is 0.0122. The predicted molar refractivity (Wildman–Crippen MR) is 121 cm³/mol. The minimum atomic E-state index is -0.716. The molecule has 162 valence electrons. The molecule has 1 atom stereocenters. The summed E-state index contributed by atoms with van der Waals surface area (Å²) in [6, 6.07) is 10.7. The lowest BCUT2D eigenvalue weighted by molar-refractivity contribution is -0.136. The van der Waals surface area contributed by atoms with Gasteiger partial charge in [0, 0.05) is 28.3 Å². The van der Waals surface area contributed by atoms with Gasteiger partial charge >= 0.3 is 5.97 Å². The zero-order valence-corrected chi connectivity index (χ0v) is 18.5. The highest BCUT2D eigenvalue weighted by Crippen LogP contribution is 2.49. The van der Waals surface area contributed by atoms with Gasteiger partial charge in [0.2, 0.25) is 0 Å². The topological polar surface area (TPSA) is 73.9 Å². The number of allylic oxidation sites excluding steroid dienone is 2. The molecule has 0 spiro atoms. The van der Waals surface area contributed by atoms with Gasteiger partial charge in [0.1, 0.15) is 6.61 Å². The Morgan fingerprint density at radius 1 is 1.22 bits per heavy atom. The van der Waals surface area contributed by atoms with E-state index in [2.05, 4.69) is 11.2 Å². The second kappa shape index (κ2) is 8.45. The Morgan fingerprint density at radius 3 is 2.59 bits per heavy atom. The molecule has 0 radical (unpaired) electrons.